The molecule has 0 spiro atoms. The van der Waals surface area contributed by atoms with E-state index in [-0.39, 0.29) is 17.9 Å². The number of nitrogens with one attached hydrogen (secondary N) is 2. The fraction of sp³-hybridized carbons (Fsp3) is 0.263. The first-order valence-corrected chi connectivity index (χ1v) is 7.88. The van der Waals surface area contributed by atoms with Crippen molar-refractivity contribution in [3.8, 4) is 11.1 Å². The molecule has 4 nitrogen and oxygen atoms in total. The second-order valence-corrected chi connectivity index (χ2v) is 5.88. The number of carbonyl (C=O) groups is 2. The topological polar surface area (TPSA) is 58.2 Å². The van der Waals surface area contributed by atoms with E-state index < -0.39 is 6.04 Å². The molecule has 118 valence electrons. The average Bonchev–Trinajstić information content (AvgIpc) is 3.02. The number of hydrogen-bond acceptors (Lipinski definition) is 2. The van der Waals surface area contributed by atoms with Gasteiger partial charge in [-0.15, -0.1) is 0 Å². The number of carbonyl (C=O) groups excluding carboxylic acids is 2. The molecule has 1 aliphatic heterocycles. The van der Waals surface area contributed by atoms with Gasteiger partial charge in [-0.25, -0.2) is 0 Å². The van der Waals surface area contributed by atoms with E-state index in [0.717, 1.165) is 11.1 Å². The van der Waals surface area contributed by atoms with Crippen LogP contribution in [0.15, 0.2) is 54.6 Å². The summed E-state index contributed by atoms with van der Waals surface area (Å²) < 4.78 is 0. The van der Waals surface area contributed by atoms with Crippen LogP contribution in [0.5, 0.6) is 0 Å². The lowest BCUT2D eigenvalue weighted by atomic mass is 10.0. The second-order valence-electron chi connectivity index (χ2n) is 5.88. The molecule has 4 heteroatoms. The van der Waals surface area contributed by atoms with Crippen molar-refractivity contribution in [3.63, 3.8) is 0 Å². The lowest BCUT2D eigenvalue weighted by Crippen LogP contribution is -2.42. The molecule has 23 heavy (non-hydrogen) atoms. The van der Waals surface area contributed by atoms with Gasteiger partial charge in [0.2, 0.25) is 11.8 Å². The molecular weight excluding hydrogens is 288 g/mol. The summed E-state index contributed by atoms with van der Waals surface area (Å²) >= 11 is 0. The highest BCUT2D eigenvalue weighted by Gasteiger charge is 2.27. The van der Waals surface area contributed by atoms with E-state index in [1.165, 1.54) is 5.56 Å². The fourth-order valence-corrected chi connectivity index (χ4v) is 2.80. The van der Waals surface area contributed by atoms with Crippen LogP contribution >= 0.6 is 0 Å². The summed E-state index contributed by atoms with van der Waals surface area (Å²) in [5, 5.41) is 5.65. The van der Waals surface area contributed by atoms with E-state index in [4.69, 9.17) is 0 Å². The molecule has 0 bridgehead atoms. The van der Waals surface area contributed by atoms with Crippen LogP contribution in [0.1, 0.15) is 31.4 Å². The predicted molar refractivity (Wildman–Crippen MR) is 89.6 cm³/mol. The summed E-state index contributed by atoms with van der Waals surface area (Å²) in [6, 6.07) is 17.9. The number of rotatable bonds is 4. The van der Waals surface area contributed by atoms with Crippen molar-refractivity contribution < 1.29 is 9.59 Å². The van der Waals surface area contributed by atoms with Gasteiger partial charge in [0.25, 0.3) is 0 Å². The van der Waals surface area contributed by atoms with E-state index in [9.17, 15) is 9.59 Å². The highest BCUT2D eigenvalue weighted by Crippen LogP contribution is 2.22. The van der Waals surface area contributed by atoms with Crippen LogP contribution in [-0.4, -0.2) is 17.9 Å². The number of amides is 2. The largest absolute Gasteiger partial charge is 0.348 e. The molecule has 0 unspecified atom stereocenters. The molecule has 2 atom stereocenters. The Balaban J connectivity index is 1.65. The maximum absolute atomic E-state index is 12.1. The SMILES string of the molecule is C[C@@H](NC(=O)[C@H]1CCC(=O)N1)c1ccc(-c2ccccc2)cc1. The average molecular weight is 308 g/mol. The zero-order chi connectivity index (χ0) is 16.2. The second kappa shape index (κ2) is 6.65. The molecule has 2 N–H and O–H groups in total. The quantitative estimate of drug-likeness (QED) is 0.912. The lowest BCUT2D eigenvalue weighted by Gasteiger charge is -2.18. The Morgan fingerprint density at radius 3 is 2.35 bits per heavy atom. The highest BCUT2D eigenvalue weighted by atomic mass is 16.2. The molecule has 1 aliphatic rings. The summed E-state index contributed by atoms with van der Waals surface area (Å²) in [6.45, 7) is 1.95. The molecule has 0 aliphatic carbocycles. The molecule has 3 rings (SSSR count). The van der Waals surface area contributed by atoms with Crippen LogP contribution < -0.4 is 10.6 Å². The number of hydrogen-bond donors (Lipinski definition) is 2. The highest BCUT2D eigenvalue weighted by molar-refractivity contribution is 5.90. The molecule has 0 radical (unpaired) electrons. The molecule has 2 amide bonds. The summed E-state index contributed by atoms with van der Waals surface area (Å²) in [6.07, 6.45) is 1.00. The molecule has 1 fully saturated rings. The normalized spacial score (nSPS) is 18.3. The minimum absolute atomic E-state index is 0.0509. The van der Waals surface area contributed by atoms with Gasteiger partial charge in [-0.3, -0.25) is 9.59 Å². The van der Waals surface area contributed by atoms with Gasteiger partial charge >= 0.3 is 0 Å². The molecular formula is C19H20N2O2. The third-order valence-corrected chi connectivity index (χ3v) is 4.19. The third kappa shape index (κ3) is 3.59. The van der Waals surface area contributed by atoms with Gasteiger partial charge in [-0.1, -0.05) is 54.6 Å². The van der Waals surface area contributed by atoms with Crippen molar-refractivity contribution in [1.29, 1.82) is 0 Å². The van der Waals surface area contributed by atoms with E-state index in [2.05, 4.69) is 34.9 Å². The van der Waals surface area contributed by atoms with Crippen LogP contribution in [0, 0.1) is 0 Å². The van der Waals surface area contributed by atoms with Gasteiger partial charge in [-0.05, 0) is 30.0 Å². The van der Waals surface area contributed by atoms with Crippen molar-refractivity contribution in [2.24, 2.45) is 0 Å². The molecule has 1 heterocycles. The lowest BCUT2D eigenvalue weighted by molar-refractivity contribution is -0.126. The minimum Gasteiger partial charge on any atom is -0.348 e. The molecule has 0 saturated carbocycles. The predicted octanol–water partition coefficient (Wildman–Crippen LogP) is 2.81. The number of benzene rings is 2. The zero-order valence-electron chi connectivity index (χ0n) is 13.1. The maximum atomic E-state index is 12.1. The van der Waals surface area contributed by atoms with Gasteiger partial charge in [0.05, 0.1) is 6.04 Å². The molecule has 1 saturated heterocycles. The van der Waals surface area contributed by atoms with E-state index in [0.29, 0.717) is 12.8 Å². The first kappa shape index (κ1) is 15.3. The van der Waals surface area contributed by atoms with Crippen molar-refractivity contribution in [3.05, 3.63) is 60.2 Å². The van der Waals surface area contributed by atoms with Crippen LogP contribution in [-0.2, 0) is 9.59 Å². The first-order chi connectivity index (χ1) is 11.1. The van der Waals surface area contributed by atoms with Crippen LogP contribution in [0.3, 0.4) is 0 Å². The third-order valence-electron chi connectivity index (χ3n) is 4.19. The van der Waals surface area contributed by atoms with Crippen LogP contribution in [0.2, 0.25) is 0 Å². The summed E-state index contributed by atoms with van der Waals surface area (Å²) in [7, 11) is 0. The Morgan fingerprint density at radius 2 is 1.74 bits per heavy atom. The fourth-order valence-electron chi connectivity index (χ4n) is 2.80. The molecule has 0 aromatic heterocycles. The van der Waals surface area contributed by atoms with Gasteiger partial charge in [0, 0.05) is 6.42 Å². The Bertz CT molecular complexity index is 695. The Kier molecular flexibility index (Phi) is 4.42. The van der Waals surface area contributed by atoms with Crippen molar-refractivity contribution in [1.82, 2.24) is 10.6 Å². The van der Waals surface area contributed by atoms with Crippen molar-refractivity contribution >= 4 is 11.8 Å². The summed E-state index contributed by atoms with van der Waals surface area (Å²) in [4.78, 5) is 23.3. The van der Waals surface area contributed by atoms with Crippen molar-refractivity contribution in [2.75, 3.05) is 0 Å². The van der Waals surface area contributed by atoms with Crippen LogP contribution in [0.25, 0.3) is 11.1 Å². The van der Waals surface area contributed by atoms with Gasteiger partial charge < -0.3 is 10.6 Å². The smallest absolute Gasteiger partial charge is 0.243 e. The maximum Gasteiger partial charge on any atom is 0.243 e. The van der Waals surface area contributed by atoms with E-state index in [1.54, 1.807) is 0 Å². The van der Waals surface area contributed by atoms with E-state index in [1.807, 2.05) is 37.3 Å². The van der Waals surface area contributed by atoms with Gasteiger partial charge in [0.1, 0.15) is 6.04 Å². The van der Waals surface area contributed by atoms with Gasteiger partial charge in [-0.2, -0.15) is 0 Å². The molecule has 2 aromatic rings. The Morgan fingerprint density at radius 1 is 1.09 bits per heavy atom. The van der Waals surface area contributed by atoms with E-state index >= 15 is 0 Å². The standard InChI is InChI=1S/C19H20N2O2/c1-13(20-19(23)17-11-12-18(22)21-17)14-7-9-16(10-8-14)15-5-3-2-4-6-15/h2-10,13,17H,11-12H2,1H3,(H,20,23)(H,21,22)/t13-,17-/m1/s1. The van der Waals surface area contributed by atoms with Gasteiger partial charge in [0.15, 0.2) is 0 Å². The Hall–Kier alpha value is -2.62. The summed E-state index contributed by atoms with van der Waals surface area (Å²) in [5.41, 5.74) is 3.36. The summed E-state index contributed by atoms with van der Waals surface area (Å²) in [5.74, 6) is -0.166. The Labute approximate surface area is 135 Å². The van der Waals surface area contributed by atoms with Crippen LogP contribution in [0.4, 0.5) is 0 Å². The molecule has 2 aromatic carbocycles. The minimum atomic E-state index is -0.395. The van der Waals surface area contributed by atoms with Crippen molar-refractivity contribution in [2.45, 2.75) is 31.8 Å². The first-order valence-electron chi connectivity index (χ1n) is 7.88. The zero-order valence-corrected chi connectivity index (χ0v) is 13.1. The monoisotopic (exact) mass is 308 g/mol.